The molecule has 0 spiro atoms. The van der Waals surface area contributed by atoms with Gasteiger partial charge in [-0.1, -0.05) is 54.6 Å². The van der Waals surface area contributed by atoms with Crippen LogP contribution in [-0.2, 0) is 0 Å². The SMILES string of the molecule is [18F]CC[P+](c1ccccc1)(c1ccccc1)c1ccccc1. The zero-order valence-corrected chi connectivity index (χ0v) is 13.3. The van der Waals surface area contributed by atoms with Gasteiger partial charge in [0.2, 0.25) is 0 Å². The molecule has 0 aromatic heterocycles. The number of rotatable bonds is 5. The maximum absolute atomic E-state index is 13.6. The highest BCUT2D eigenvalue weighted by Crippen LogP contribution is 2.54. The van der Waals surface area contributed by atoms with Gasteiger partial charge in [-0.3, -0.25) is 0 Å². The predicted molar refractivity (Wildman–Crippen MR) is 96.0 cm³/mol. The van der Waals surface area contributed by atoms with E-state index in [4.69, 9.17) is 0 Å². The van der Waals surface area contributed by atoms with E-state index in [1.165, 1.54) is 15.9 Å². The summed E-state index contributed by atoms with van der Waals surface area (Å²) in [5.41, 5.74) is 0. The zero-order valence-electron chi connectivity index (χ0n) is 12.4. The van der Waals surface area contributed by atoms with Crippen LogP contribution in [0.25, 0.3) is 0 Å². The molecule has 0 atom stereocenters. The highest BCUT2D eigenvalue weighted by molar-refractivity contribution is 7.95. The lowest BCUT2D eigenvalue weighted by molar-refractivity contribution is 0.531. The molecule has 0 bridgehead atoms. The van der Waals surface area contributed by atoms with Crippen LogP contribution in [0, 0.1) is 0 Å². The van der Waals surface area contributed by atoms with Gasteiger partial charge in [0.15, 0.2) is 0 Å². The van der Waals surface area contributed by atoms with E-state index in [0.29, 0.717) is 6.16 Å². The Morgan fingerprint density at radius 3 is 1.14 bits per heavy atom. The van der Waals surface area contributed by atoms with Crippen molar-refractivity contribution in [3.63, 3.8) is 0 Å². The molecule has 3 rings (SSSR count). The Morgan fingerprint density at radius 2 is 0.864 bits per heavy atom. The van der Waals surface area contributed by atoms with Crippen LogP contribution >= 0.6 is 7.26 Å². The fourth-order valence-corrected chi connectivity index (χ4v) is 6.97. The molecule has 22 heavy (non-hydrogen) atoms. The summed E-state index contributed by atoms with van der Waals surface area (Å²) >= 11 is 0. The van der Waals surface area contributed by atoms with Crippen LogP contribution in [0.1, 0.15) is 0 Å². The molecule has 0 nitrogen and oxygen atoms in total. The first-order chi connectivity index (χ1) is 10.9. The van der Waals surface area contributed by atoms with E-state index in [-0.39, 0.29) is 6.67 Å². The maximum Gasteiger partial charge on any atom is 0.124 e. The Hall–Kier alpha value is -1.98. The molecular weight excluding hydrogens is 289 g/mol. The van der Waals surface area contributed by atoms with Crippen molar-refractivity contribution in [2.24, 2.45) is 0 Å². The number of alkyl halides is 1. The van der Waals surface area contributed by atoms with E-state index in [1.54, 1.807) is 0 Å². The van der Waals surface area contributed by atoms with Gasteiger partial charge < -0.3 is 0 Å². The van der Waals surface area contributed by atoms with Gasteiger partial charge in [-0.25, -0.2) is 4.39 Å². The fraction of sp³-hybridized carbons (Fsp3) is 0.100. The molecule has 0 N–H and O–H groups in total. The molecule has 0 radical (unpaired) electrons. The number of hydrogen-bond acceptors (Lipinski definition) is 0. The third-order valence-electron chi connectivity index (χ3n) is 4.01. The van der Waals surface area contributed by atoms with E-state index in [0.717, 1.165) is 0 Å². The lowest BCUT2D eigenvalue weighted by Gasteiger charge is -2.26. The lowest BCUT2D eigenvalue weighted by atomic mass is 10.4. The van der Waals surface area contributed by atoms with Crippen LogP contribution in [0.2, 0.25) is 0 Å². The fourth-order valence-electron chi connectivity index (χ4n) is 3.01. The second-order valence-electron chi connectivity index (χ2n) is 5.23. The second kappa shape index (κ2) is 6.85. The molecule has 3 aromatic carbocycles. The molecule has 0 saturated carbocycles. The largest absolute Gasteiger partial charge is 0.247 e. The van der Waals surface area contributed by atoms with Crippen LogP contribution < -0.4 is 15.9 Å². The minimum Gasteiger partial charge on any atom is -0.247 e. The zero-order chi connectivity index (χ0) is 15.3. The van der Waals surface area contributed by atoms with E-state index >= 15 is 0 Å². The molecule has 0 unspecified atom stereocenters. The number of halogens is 1. The van der Waals surface area contributed by atoms with Gasteiger partial charge in [0.25, 0.3) is 0 Å². The average Bonchev–Trinajstić information content (AvgIpc) is 2.62. The Kier molecular flexibility index (Phi) is 4.65. The summed E-state index contributed by atoms with van der Waals surface area (Å²) in [5, 5.41) is 3.72. The van der Waals surface area contributed by atoms with Gasteiger partial charge >= 0.3 is 0 Å². The molecule has 0 aliphatic rings. The van der Waals surface area contributed by atoms with Gasteiger partial charge in [-0.15, -0.1) is 0 Å². The highest BCUT2D eigenvalue weighted by Gasteiger charge is 2.44. The summed E-state index contributed by atoms with van der Waals surface area (Å²) < 4.78 is 13.6. The molecule has 110 valence electrons. The Morgan fingerprint density at radius 1 is 0.545 bits per heavy atom. The summed E-state index contributed by atoms with van der Waals surface area (Å²) in [7, 11) is -1.93. The average molecular weight is 308 g/mol. The van der Waals surface area contributed by atoms with Crippen LogP contribution in [0.3, 0.4) is 0 Å². The van der Waals surface area contributed by atoms with Gasteiger partial charge in [-0.2, -0.15) is 0 Å². The first-order valence-corrected chi connectivity index (χ1v) is 9.46. The van der Waals surface area contributed by atoms with Crippen molar-refractivity contribution in [2.75, 3.05) is 12.8 Å². The minimum atomic E-state index is -1.93. The third-order valence-corrected chi connectivity index (χ3v) is 8.39. The minimum absolute atomic E-state index is 0.313. The summed E-state index contributed by atoms with van der Waals surface area (Å²) in [4.78, 5) is 0. The van der Waals surface area contributed by atoms with Gasteiger partial charge in [0.1, 0.15) is 36.0 Å². The van der Waals surface area contributed by atoms with Crippen molar-refractivity contribution in [1.29, 1.82) is 0 Å². The van der Waals surface area contributed by atoms with E-state index < -0.39 is 7.26 Å². The first-order valence-electron chi connectivity index (χ1n) is 7.49. The summed E-state index contributed by atoms with van der Waals surface area (Å²) in [6, 6.07) is 31.2. The van der Waals surface area contributed by atoms with Crippen LogP contribution in [0.15, 0.2) is 91.0 Å². The van der Waals surface area contributed by atoms with Crippen molar-refractivity contribution >= 4 is 23.2 Å². The molecule has 0 fully saturated rings. The third kappa shape index (κ3) is 2.69. The molecule has 0 heterocycles. The highest BCUT2D eigenvalue weighted by atomic mass is 31.2. The Balaban J connectivity index is 2.29. The maximum atomic E-state index is 13.6. The van der Waals surface area contributed by atoms with Gasteiger partial charge in [-0.05, 0) is 36.4 Å². The summed E-state index contributed by atoms with van der Waals surface area (Å²) in [6.07, 6.45) is 0.547. The van der Waals surface area contributed by atoms with E-state index in [2.05, 4.69) is 36.4 Å². The van der Waals surface area contributed by atoms with Crippen molar-refractivity contribution < 1.29 is 4.39 Å². The topological polar surface area (TPSA) is 0 Å². The Labute approximate surface area is 132 Å². The molecule has 0 aliphatic heterocycles. The van der Waals surface area contributed by atoms with Crippen molar-refractivity contribution in [3.8, 4) is 0 Å². The summed E-state index contributed by atoms with van der Waals surface area (Å²) in [5.74, 6) is 0. The quantitative estimate of drug-likeness (QED) is 0.626. The summed E-state index contributed by atoms with van der Waals surface area (Å²) in [6.45, 7) is -0.313. The smallest absolute Gasteiger partial charge is 0.124 e. The normalized spacial score (nSPS) is 11.3. The molecule has 0 aliphatic carbocycles. The van der Waals surface area contributed by atoms with Crippen molar-refractivity contribution in [3.05, 3.63) is 91.0 Å². The van der Waals surface area contributed by atoms with Crippen molar-refractivity contribution in [2.45, 2.75) is 0 Å². The van der Waals surface area contributed by atoms with E-state index in [1.807, 2.05) is 54.6 Å². The first kappa shape index (κ1) is 14.9. The Bertz CT molecular complexity index is 599. The monoisotopic (exact) mass is 308 g/mol. The standard InChI is InChI=1S/C20H19FP/c21-16-17-22(18-10-4-1-5-11-18,19-12-6-2-7-13-19)20-14-8-3-9-15-20/h1-15H,16-17H2/q+1/i21-1. The van der Waals surface area contributed by atoms with Crippen LogP contribution in [-0.4, -0.2) is 12.8 Å². The van der Waals surface area contributed by atoms with E-state index in [9.17, 15) is 4.39 Å². The molecular formula is C20H19FP+. The molecule has 3 aromatic rings. The van der Waals surface area contributed by atoms with Crippen LogP contribution in [0.5, 0.6) is 0 Å². The molecule has 0 saturated heterocycles. The van der Waals surface area contributed by atoms with Crippen molar-refractivity contribution in [1.82, 2.24) is 0 Å². The van der Waals surface area contributed by atoms with Gasteiger partial charge in [0, 0.05) is 0 Å². The predicted octanol–water partition coefficient (Wildman–Crippen LogP) is 3.95. The number of benzene rings is 3. The second-order valence-corrected chi connectivity index (χ2v) is 8.84. The lowest BCUT2D eigenvalue weighted by Crippen LogP contribution is -2.33. The van der Waals surface area contributed by atoms with Gasteiger partial charge in [0.05, 0.1) is 0 Å². The van der Waals surface area contributed by atoms with Crippen LogP contribution in [0.4, 0.5) is 4.39 Å². The molecule has 0 amide bonds. The molecule has 2 heteroatoms. The number of hydrogen-bond donors (Lipinski definition) is 0.